The number of anilines is 2. The van der Waals surface area contributed by atoms with Crippen LogP contribution in [0.4, 0.5) is 11.4 Å². The van der Waals surface area contributed by atoms with Crippen molar-refractivity contribution in [3.63, 3.8) is 0 Å². The van der Waals surface area contributed by atoms with E-state index in [9.17, 15) is 14.7 Å². The van der Waals surface area contributed by atoms with Crippen molar-refractivity contribution in [3.05, 3.63) is 95.3 Å². The van der Waals surface area contributed by atoms with Crippen LogP contribution in [0.3, 0.4) is 0 Å². The first-order valence-corrected chi connectivity index (χ1v) is 14.0. The molecule has 5 rings (SSSR count). The molecule has 0 bridgehead atoms. The van der Waals surface area contributed by atoms with Crippen LogP contribution < -0.4 is 25.8 Å². The molecule has 0 radical (unpaired) electrons. The Bertz CT molecular complexity index is 1440. The van der Waals surface area contributed by atoms with Crippen molar-refractivity contribution in [2.75, 3.05) is 31.1 Å². The van der Waals surface area contributed by atoms with Crippen LogP contribution in [0.2, 0.25) is 0 Å². The number of ether oxygens (including phenoxy) is 4. The minimum atomic E-state index is -0.667. The van der Waals surface area contributed by atoms with Crippen LogP contribution in [0.5, 0.6) is 11.5 Å². The predicted octanol–water partition coefficient (Wildman–Crippen LogP) is 4.32. The molecular formula is C32H35N3O7. The zero-order valence-corrected chi connectivity index (χ0v) is 23.4. The summed E-state index contributed by atoms with van der Waals surface area (Å²) in [6.45, 7) is 2.72. The number of hydrogen-bond acceptors (Lipinski definition) is 8. The van der Waals surface area contributed by atoms with Gasteiger partial charge in [0.05, 0.1) is 11.4 Å². The van der Waals surface area contributed by atoms with Gasteiger partial charge in [-0.2, -0.15) is 0 Å². The fourth-order valence-corrected chi connectivity index (χ4v) is 5.11. The number of allylic oxidation sites excluding steroid dienone is 1. The van der Waals surface area contributed by atoms with Crippen molar-refractivity contribution in [2.45, 2.75) is 38.5 Å². The van der Waals surface area contributed by atoms with E-state index < -0.39 is 6.29 Å². The molecule has 3 aromatic carbocycles. The van der Waals surface area contributed by atoms with Crippen molar-refractivity contribution in [2.24, 2.45) is 5.92 Å². The van der Waals surface area contributed by atoms with E-state index in [4.69, 9.17) is 24.7 Å². The summed E-state index contributed by atoms with van der Waals surface area (Å²) in [4.78, 5) is 25.9. The van der Waals surface area contributed by atoms with E-state index >= 15 is 0 Å². The molecule has 2 aliphatic heterocycles. The molecule has 0 saturated heterocycles. The van der Waals surface area contributed by atoms with Crippen molar-refractivity contribution in [1.82, 2.24) is 5.32 Å². The third kappa shape index (κ3) is 6.67. The summed E-state index contributed by atoms with van der Waals surface area (Å²) >= 11 is 0. The Labute approximate surface area is 244 Å². The highest BCUT2D eigenvalue weighted by Crippen LogP contribution is 2.42. The van der Waals surface area contributed by atoms with Crippen molar-refractivity contribution in [1.29, 1.82) is 0 Å². The number of hydrogen-bond donors (Lipinski definition) is 4. The van der Waals surface area contributed by atoms with Gasteiger partial charge in [0.15, 0.2) is 17.3 Å². The van der Waals surface area contributed by atoms with Crippen LogP contribution in [0, 0.1) is 5.92 Å². The Hall–Kier alpha value is -4.54. The van der Waals surface area contributed by atoms with Gasteiger partial charge >= 0.3 is 0 Å². The van der Waals surface area contributed by atoms with Gasteiger partial charge in [0.25, 0.3) is 11.8 Å². The molecule has 2 heterocycles. The van der Waals surface area contributed by atoms with E-state index in [1.165, 1.54) is 0 Å². The molecule has 5 N–H and O–H groups in total. The minimum absolute atomic E-state index is 0.0427. The molecule has 220 valence electrons. The third-order valence-electron chi connectivity index (χ3n) is 7.29. The lowest BCUT2D eigenvalue weighted by Gasteiger charge is -2.37. The van der Waals surface area contributed by atoms with Gasteiger partial charge in [-0.25, -0.2) is 0 Å². The van der Waals surface area contributed by atoms with Gasteiger partial charge in [-0.15, -0.1) is 0 Å². The summed E-state index contributed by atoms with van der Waals surface area (Å²) in [5, 5.41) is 15.2. The molecule has 0 aliphatic carbocycles. The first-order valence-electron chi connectivity index (χ1n) is 14.0. The molecule has 42 heavy (non-hydrogen) atoms. The Morgan fingerprint density at radius 1 is 1.02 bits per heavy atom. The van der Waals surface area contributed by atoms with Crippen LogP contribution in [0.1, 0.15) is 47.2 Å². The summed E-state index contributed by atoms with van der Waals surface area (Å²) in [5.74, 6) is 0.481. The first kappa shape index (κ1) is 29.0. The average molecular weight is 574 g/mol. The molecule has 3 aromatic rings. The average Bonchev–Trinajstić information content (AvgIpc) is 3.48. The molecule has 2 aliphatic rings. The van der Waals surface area contributed by atoms with E-state index in [0.29, 0.717) is 47.9 Å². The van der Waals surface area contributed by atoms with Crippen LogP contribution in [0.15, 0.2) is 78.6 Å². The maximum atomic E-state index is 13.3. The Morgan fingerprint density at radius 3 is 2.57 bits per heavy atom. The molecule has 2 amide bonds. The molecule has 0 aromatic heterocycles. The van der Waals surface area contributed by atoms with Crippen LogP contribution >= 0.6 is 0 Å². The molecule has 0 spiro atoms. The quantitative estimate of drug-likeness (QED) is 0.249. The van der Waals surface area contributed by atoms with E-state index in [-0.39, 0.29) is 49.4 Å². The maximum Gasteiger partial charge on any atom is 0.286 e. The highest BCUT2D eigenvalue weighted by atomic mass is 16.7. The van der Waals surface area contributed by atoms with Gasteiger partial charge in [0.2, 0.25) is 13.1 Å². The van der Waals surface area contributed by atoms with Gasteiger partial charge in [-0.3, -0.25) is 9.59 Å². The Balaban J connectivity index is 1.29. The highest BCUT2D eigenvalue weighted by Gasteiger charge is 2.38. The summed E-state index contributed by atoms with van der Waals surface area (Å²) in [7, 11) is 0. The number of aliphatic hydroxyl groups is 1. The van der Waals surface area contributed by atoms with Crippen molar-refractivity contribution >= 4 is 23.2 Å². The topological polar surface area (TPSA) is 141 Å². The third-order valence-corrected chi connectivity index (χ3v) is 7.29. The second-order valence-electron chi connectivity index (χ2n) is 10.1. The molecule has 10 heteroatoms. The molecule has 3 atom stereocenters. The zero-order valence-electron chi connectivity index (χ0n) is 23.4. The number of nitrogen functional groups attached to an aromatic ring is 1. The number of fused-ring (bicyclic) bond motifs is 1. The highest BCUT2D eigenvalue weighted by molar-refractivity contribution is 6.05. The fraction of sp³-hybridized carbons (Fsp3) is 0.312. The van der Waals surface area contributed by atoms with Crippen molar-refractivity contribution < 1.29 is 33.6 Å². The summed E-state index contributed by atoms with van der Waals surface area (Å²) < 4.78 is 23.1. The van der Waals surface area contributed by atoms with Crippen LogP contribution in [-0.2, 0) is 20.8 Å². The van der Waals surface area contributed by atoms with Crippen LogP contribution in [0.25, 0.3) is 0 Å². The van der Waals surface area contributed by atoms with Crippen molar-refractivity contribution in [3.8, 4) is 11.5 Å². The first-order chi connectivity index (χ1) is 20.5. The lowest BCUT2D eigenvalue weighted by molar-refractivity contribution is -0.166. The minimum Gasteiger partial charge on any atom is -0.459 e. The maximum absolute atomic E-state index is 13.3. The Kier molecular flexibility index (Phi) is 9.25. The predicted molar refractivity (Wildman–Crippen MR) is 157 cm³/mol. The van der Waals surface area contributed by atoms with Crippen LogP contribution in [-0.4, -0.2) is 43.2 Å². The molecule has 10 nitrogen and oxygen atoms in total. The van der Waals surface area contributed by atoms with E-state index in [0.717, 1.165) is 11.1 Å². The normalized spacial score (nSPS) is 19.0. The van der Waals surface area contributed by atoms with E-state index in [1.54, 1.807) is 48.5 Å². The van der Waals surface area contributed by atoms with Gasteiger partial charge in [0.1, 0.15) is 0 Å². The van der Waals surface area contributed by atoms with Gasteiger partial charge < -0.3 is 40.4 Å². The molecule has 0 saturated carbocycles. The van der Waals surface area contributed by atoms with Gasteiger partial charge in [0, 0.05) is 37.2 Å². The zero-order chi connectivity index (χ0) is 29.5. The summed E-state index contributed by atoms with van der Waals surface area (Å²) in [6, 6.07) is 19.7. The second-order valence-corrected chi connectivity index (χ2v) is 10.1. The summed E-state index contributed by atoms with van der Waals surface area (Å²) in [5.41, 5.74) is 9.16. The molecule has 0 fully saturated rings. The number of benzene rings is 3. The molecular weight excluding hydrogens is 538 g/mol. The lowest BCUT2D eigenvalue weighted by atomic mass is 9.80. The number of rotatable bonds is 11. The number of nitrogens with two attached hydrogens (primary N) is 1. The SMILES string of the molecule is CCOC1OC(C(=O)NCc2ccc(C(=O)Nc3ccccc3N)cc2)=CC(c2ccc3c(c2)OCO3)C1CCCO. The Morgan fingerprint density at radius 2 is 1.81 bits per heavy atom. The fourth-order valence-electron chi connectivity index (χ4n) is 5.11. The lowest BCUT2D eigenvalue weighted by Crippen LogP contribution is -2.39. The summed E-state index contributed by atoms with van der Waals surface area (Å²) in [6.07, 6.45) is 2.36. The number of carbonyl (C=O) groups is 2. The smallest absolute Gasteiger partial charge is 0.286 e. The second kappa shape index (κ2) is 13.4. The largest absolute Gasteiger partial charge is 0.459 e. The number of para-hydroxylation sites is 2. The number of amides is 2. The number of aliphatic hydroxyl groups excluding tert-OH is 1. The number of carbonyl (C=O) groups excluding carboxylic acids is 2. The number of nitrogens with one attached hydrogen (secondary N) is 2. The van der Waals surface area contributed by atoms with Gasteiger partial charge in [-0.1, -0.05) is 30.3 Å². The molecule has 3 unspecified atom stereocenters. The van der Waals surface area contributed by atoms with E-state index in [1.807, 2.05) is 31.2 Å². The van der Waals surface area contributed by atoms with Gasteiger partial charge in [-0.05, 0) is 73.4 Å². The van der Waals surface area contributed by atoms with E-state index in [2.05, 4.69) is 10.6 Å². The standard InChI is InChI=1S/C32H35N3O7/c1-2-39-32-23(6-5-15-36)24(22-13-14-27-28(16-22)41-19-40-27)17-29(42-32)31(38)34-18-20-9-11-21(12-10-20)30(37)35-26-8-4-3-7-25(26)33/h3-4,7-14,16-17,23-24,32,36H,2,5-6,15,18-19,33H2,1H3,(H,34,38)(H,35,37). The monoisotopic (exact) mass is 573 g/mol.